The molecule has 92 valence electrons. The van der Waals surface area contributed by atoms with E-state index in [0.717, 1.165) is 25.8 Å². The van der Waals surface area contributed by atoms with Crippen molar-refractivity contribution in [3.05, 3.63) is 0 Å². The van der Waals surface area contributed by atoms with Crippen molar-refractivity contribution in [1.29, 1.82) is 0 Å². The summed E-state index contributed by atoms with van der Waals surface area (Å²) in [5.74, 6) is 0. The van der Waals surface area contributed by atoms with Crippen LogP contribution in [-0.4, -0.2) is 74.4 Å². The molecule has 0 amide bonds. The van der Waals surface area contributed by atoms with E-state index in [4.69, 9.17) is 4.74 Å². The third kappa shape index (κ3) is 2.40. The van der Waals surface area contributed by atoms with Crippen molar-refractivity contribution in [1.82, 2.24) is 15.1 Å². The van der Waals surface area contributed by atoms with Gasteiger partial charge in [0.15, 0.2) is 0 Å². The van der Waals surface area contributed by atoms with Crippen LogP contribution in [0, 0.1) is 0 Å². The molecule has 0 radical (unpaired) electrons. The highest BCUT2D eigenvalue weighted by atomic mass is 16.5. The molecule has 3 heterocycles. The van der Waals surface area contributed by atoms with Crippen LogP contribution in [0.4, 0.5) is 0 Å². The number of nitrogens with zero attached hydrogens (tertiary/aromatic N) is 2. The Kier molecular flexibility index (Phi) is 3.43. The summed E-state index contributed by atoms with van der Waals surface area (Å²) in [6.45, 7) is 9.10. The fourth-order valence-electron chi connectivity index (χ4n) is 3.27. The molecular formula is C12H23N3O. The van der Waals surface area contributed by atoms with E-state index >= 15 is 0 Å². The molecule has 1 N–H and O–H groups in total. The van der Waals surface area contributed by atoms with Gasteiger partial charge in [-0.2, -0.15) is 0 Å². The van der Waals surface area contributed by atoms with Gasteiger partial charge in [0, 0.05) is 44.8 Å². The molecule has 4 nitrogen and oxygen atoms in total. The Balaban J connectivity index is 1.48. The fourth-order valence-corrected chi connectivity index (χ4v) is 3.27. The average molecular weight is 225 g/mol. The van der Waals surface area contributed by atoms with E-state index in [-0.39, 0.29) is 0 Å². The van der Waals surface area contributed by atoms with Crippen molar-refractivity contribution in [3.8, 4) is 0 Å². The average Bonchev–Trinajstić information content (AvgIpc) is 2.77. The molecule has 0 aromatic heterocycles. The summed E-state index contributed by atoms with van der Waals surface area (Å²) in [5.41, 5.74) is 0. The highest BCUT2D eigenvalue weighted by Crippen LogP contribution is 2.21. The van der Waals surface area contributed by atoms with Gasteiger partial charge < -0.3 is 10.1 Å². The predicted octanol–water partition coefficient (Wildman–Crippen LogP) is -0.245. The van der Waals surface area contributed by atoms with Crippen molar-refractivity contribution in [2.45, 2.75) is 24.9 Å². The zero-order chi connectivity index (χ0) is 10.8. The Morgan fingerprint density at radius 1 is 1.25 bits per heavy atom. The van der Waals surface area contributed by atoms with Gasteiger partial charge in [-0.1, -0.05) is 0 Å². The number of morpholine rings is 1. The van der Waals surface area contributed by atoms with E-state index in [1.54, 1.807) is 0 Å². The zero-order valence-electron chi connectivity index (χ0n) is 10.0. The lowest BCUT2D eigenvalue weighted by Gasteiger charge is -2.39. The molecule has 3 rings (SSSR count). The van der Waals surface area contributed by atoms with Crippen molar-refractivity contribution in [3.63, 3.8) is 0 Å². The zero-order valence-corrected chi connectivity index (χ0v) is 10.0. The van der Waals surface area contributed by atoms with Crippen LogP contribution in [0.1, 0.15) is 12.8 Å². The Bertz CT molecular complexity index is 230. The van der Waals surface area contributed by atoms with Gasteiger partial charge in [0.05, 0.1) is 13.2 Å². The molecule has 3 aliphatic heterocycles. The largest absolute Gasteiger partial charge is 0.378 e. The van der Waals surface area contributed by atoms with E-state index in [1.165, 1.54) is 45.6 Å². The van der Waals surface area contributed by atoms with Gasteiger partial charge in [0.2, 0.25) is 0 Å². The van der Waals surface area contributed by atoms with Gasteiger partial charge in [-0.05, 0) is 19.4 Å². The van der Waals surface area contributed by atoms with Gasteiger partial charge in [-0.15, -0.1) is 0 Å². The number of rotatable bonds is 2. The quantitative estimate of drug-likeness (QED) is 0.702. The van der Waals surface area contributed by atoms with Crippen molar-refractivity contribution in [2.75, 3.05) is 52.5 Å². The van der Waals surface area contributed by atoms with Crippen LogP contribution in [0.15, 0.2) is 0 Å². The summed E-state index contributed by atoms with van der Waals surface area (Å²) in [4.78, 5) is 5.29. The fraction of sp³-hybridized carbons (Fsp3) is 1.00. The second-order valence-electron chi connectivity index (χ2n) is 5.32. The summed E-state index contributed by atoms with van der Waals surface area (Å²) in [6, 6.07) is 1.40. The second kappa shape index (κ2) is 5.00. The summed E-state index contributed by atoms with van der Waals surface area (Å²) in [5, 5.41) is 3.55. The Morgan fingerprint density at radius 3 is 3.12 bits per heavy atom. The van der Waals surface area contributed by atoms with E-state index in [2.05, 4.69) is 15.1 Å². The molecule has 0 spiro atoms. The van der Waals surface area contributed by atoms with Gasteiger partial charge in [0.1, 0.15) is 0 Å². The lowest BCUT2D eigenvalue weighted by atomic mass is 10.1. The van der Waals surface area contributed by atoms with Gasteiger partial charge in [-0.3, -0.25) is 9.80 Å². The van der Waals surface area contributed by atoms with E-state index in [1.807, 2.05) is 0 Å². The standard InChI is InChI=1S/C12H23N3O/c1-2-12-9-14(5-6-15(12)4-1)8-11-10-16-7-3-13-11/h11-13H,1-10H2. The van der Waals surface area contributed by atoms with Crippen LogP contribution in [-0.2, 0) is 4.74 Å². The van der Waals surface area contributed by atoms with Gasteiger partial charge in [0.25, 0.3) is 0 Å². The minimum atomic E-state index is 0.557. The molecule has 0 aromatic rings. The smallest absolute Gasteiger partial charge is 0.0632 e. The first-order valence-corrected chi connectivity index (χ1v) is 6.69. The normalized spacial score (nSPS) is 37.5. The summed E-state index contributed by atoms with van der Waals surface area (Å²) >= 11 is 0. The molecule has 2 atom stereocenters. The second-order valence-corrected chi connectivity index (χ2v) is 5.32. The first-order chi connectivity index (χ1) is 7.92. The van der Waals surface area contributed by atoms with E-state index < -0.39 is 0 Å². The lowest BCUT2D eigenvalue weighted by molar-refractivity contribution is 0.0432. The van der Waals surface area contributed by atoms with Gasteiger partial charge in [-0.25, -0.2) is 0 Å². The third-order valence-corrected chi connectivity index (χ3v) is 4.15. The minimum Gasteiger partial charge on any atom is -0.378 e. The SMILES string of the molecule is C1CC2CN(CC3COCCN3)CCN2C1. The van der Waals surface area contributed by atoms with Crippen molar-refractivity contribution < 1.29 is 4.74 Å². The van der Waals surface area contributed by atoms with E-state index in [9.17, 15) is 0 Å². The Labute approximate surface area is 97.9 Å². The minimum absolute atomic E-state index is 0.557. The number of hydrogen-bond acceptors (Lipinski definition) is 4. The molecule has 0 aliphatic carbocycles. The van der Waals surface area contributed by atoms with Crippen LogP contribution in [0.2, 0.25) is 0 Å². The maximum Gasteiger partial charge on any atom is 0.0632 e. The molecule has 3 fully saturated rings. The molecule has 0 bridgehead atoms. The van der Waals surface area contributed by atoms with Gasteiger partial charge >= 0.3 is 0 Å². The first-order valence-electron chi connectivity index (χ1n) is 6.69. The van der Waals surface area contributed by atoms with E-state index in [0.29, 0.717) is 6.04 Å². The molecule has 3 aliphatic rings. The number of nitrogens with one attached hydrogen (secondary N) is 1. The number of hydrogen-bond donors (Lipinski definition) is 1. The van der Waals surface area contributed by atoms with Crippen molar-refractivity contribution >= 4 is 0 Å². The Hall–Kier alpha value is -0.160. The number of fused-ring (bicyclic) bond motifs is 1. The third-order valence-electron chi connectivity index (χ3n) is 4.15. The van der Waals surface area contributed by atoms with Crippen LogP contribution in [0.5, 0.6) is 0 Å². The first kappa shape index (κ1) is 11.0. The summed E-state index contributed by atoms with van der Waals surface area (Å²) in [7, 11) is 0. The maximum absolute atomic E-state index is 5.51. The highest BCUT2D eigenvalue weighted by molar-refractivity contribution is 4.88. The molecule has 3 saturated heterocycles. The lowest BCUT2D eigenvalue weighted by Crippen LogP contribution is -2.55. The summed E-state index contributed by atoms with van der Waals surface area (Å²) < 4.78 is 5.51. The summed E-state index contributed by atoms with van der Waals surface area (Å²) in [6.07, 6.45) is 2.81. The Morgan fingerprint density at radius 2 is 2.25 bits per heavy atom. The molecular weight excluding hydrogens is 202 g/mol. The van der Waals surface area contributed by atoms with Crippen LogP contribution in [0.25, 0.3) is 0 Å². The predicted molar refractivity (Wildman–Crippen MR) is 63.6 cm³/mol. The van der Waals surface area contributed by atoms with Crippen LogP contribution in [0.3, 0.4) is 0 Å². The molecule has 0 aromatic carbocycles. The van der Waals surface area contributed by atoms with Crippen molar-refractivity contribution in [2.24, 2.45) is 0 Å². The molecule has 2 unspecified atom stereocenters. The van der Waals surface area contributed by atoms with Crippen LogP contribution < -0.4 is 5.32 Å². The topological polar surface area (TPSA) is 27.7 Å². The number of piperazine rings is 1. The maximum atomic E-state index is 5.51. The molecule has 0 saturated carbocycles. The number of ether oxygens (including phenoxy) is 1. The van der Waals surface area contributed by atoms with Crippen LogP contribution >= 0.6 is 0 Å². The molecule has 4 heteroatoms. The highest BCUT2D eigenvalue weighted by Gasteiger charge is 2.31. The molecule has 16 heavy (non-hydrogen) atoms. The monoisotopic (exact) mass is 225 g/mol.